The molecule has 1 heterocycles. The Kier molecular flexibility index (Phi) is 3.27. The molecule has 0 saturated heterocycles. The molecule has 0 spiro atoms. The van der Waals surface area contributed by atoms with E-state index in [1.807, 2.05) is 22.6 Å². The van der Waals surface area contributed by atoms with Gasteiger partial charge in [-0.3, -0.25) is 10.1 Å². The zero-order chi connectivity index (χ0) is 9.14. The molecule has 1 aromatic heterocycles. The van der Waals surface area contributed by atoms with E-state index in [1.54, 1.807) is 0 Å². The molecule has 0 amide bonds. The van der Waals surface area contributed by atoms with E-state index < -0.39 is 4.92 Å². The molecule has 0 bridgehead atoms. The molecule has 0 aliphatic carbocycles. The highest BCUT2D eigenvalue weighted by molar-refractivity contribution is 14.1. The number of rotatable bonds is 2. The number of nitrogens with zero attached hydrogens (tertiary/aromatic N) is 2. The van der Waals surface area contributed by atoms with Crippen molar-refractivity contribution in [2.75, 3.05) is 0 Å². The summed E-state index contributed by atoms with van der Waals surface area (Å²) in [6, 6.07) is 1.38. The Bertz CT molecular complexity index is 370. The van der Waals surface area contributed by atoms with Crippen LogP contribution in [0.1, 0.15) is 0 Å². The van der Waals surface area contributed by atoms with E-state index in [4.69, 9.17) is 0 Å². The van der Waals surface area contributed by atoms with Crippen LogP contribution in [0.3, 0.4) is 0 Å². The molecule has 7 heteroatoms. The fourth-order valence-corrected chi connectivity index (χ4v) is 2.25. The van der Waals surface area contributed by atoms with Crippen LogP contribution in [0.25, 0.3) is 0 Å². The highest BCUT2D eigenvalue weighted by Crippen LogP contribution is 2.35. The van der Waals surface area contributed by atoms with Crippen molar-refractivity contribution < 1.29 is 4.92 Å². The summed E-state index contributed by atoms with van der Waals surface area (Å²) in [5, 5.41) is 12.5. The molecule has 0 radical (unpaired) electrons. The van der Waals surface area contributed by atoms with Crippen molar-refractivity contribution in [1.29, 1.82) is 0 Å². The monoisotopic (exact) mass is 312 g/mol. The lowest BCUT2D eigenvalue weighted by molar-refractivity contribution is -0.380. The van der Waals surface area contributed by atoms with E-state index in [9.17, 15) is 10.1 Å². The zero-order valence-electron chi connectivity index (χ0n) is 5.48. The molecule has 0 fully saturated rings. The highest BCUT2D eigenvalue weighted by Gasteiger charge is 2.13. The van der Waals surface area contributed by atoms with E-state index in [0.29, 0.717) is 5.69 Å². The Balaban J connectivity index is 3.16. The fraction of sp³-hybridized carbons (Fsp3) is 0. The van der Waals surface area contributed by atoms with Gasteiger partial charge in [-0.05, 0) is 34.8 Å². The molecular weight excluding hydrogens is 311 g/mol. The van der Waals surface area contributed by atoms with Crippen molar-refractivity contribution in [3.05, 3.63) is 19.1 Å². The number of hydrogen-bond donors (Lipinski definition) is 0. The fourth-order valence-electron chi connectivity index (χ4n) is 0.563. The quantitative estimate of drug-likeness (QED) is 0.277. The van der Waals surface area contributed by atoms with Crippen LogP contribution >= 0.6 is 46.1 Å². The number of nitro groups is 1. The van der Waals surface area contributed by atoms with Crippen molar-refractivity contribution in [2.24, 2.45) is 4.99 Å². The van der Waals surface area contributed by atoms with Gasteiger partial charge in [-0.1, -0.05) is 11.3 Å². The van der Waals surface area contributed by atoms with E-state index in [2.05, 4.69) is 22.4 Å². The number of aliphatic imine (C=N–C) groups is 1. The summed E-state index contributed by atoms with van der Waals surface area (Å²) in [4.78, 5) is 13.5. The van der Waals surface area contributed by atoms with Gasteiger partial charge >= 0.3 is 5.00 Å². The third-order valence-electron chi connectivity index (χ3n) is 1.00. The van der Waals surface area contributed by atoms with Gasteiger partial charge in [-0.2, -0.15) is 4.99 Å². The number of halogens is 1. The predicted octanol–water partition coefficient (Wildman–Crippen LogP) is 3.00. The second-order valence-corrected chi connectivity index (χ2v) is 4.73. The maximum absolute atomic E-state index is 10.3. The van der Waals surface area contributed by atoms with E-state index in [1.165, 1.54) is 6.07 Å². The van der Waals surface area contributed by atoms with E-state index in [-0.39, 0.29) is 5.00 Å². The predicted molar refractivity (Wildman–Crippen MR) is 58.4 cm³/mol. The third kappa shape index (κ3) is 2.07. The molecule has 0 aliphatic rings. The van der Waals surface area contributed by atoms with E-state index >= 15 is 0 Å². The Morgan fingerprint density at radius 3 is 2.92 bits per heavy atom. The minimum Gasteiger partial charge on any atom is -0.258 e. The van der Waals surface area contributed by atoms with Crippen LogP contribution in [0, 0.1) is 13.0 Å². The first-order chi connectivity index (χ1) is 5.65. The number of thiocarbonyl (C=S) groups is 1. The molecule has 62 valence electrons. The van der Waals surface area contributed by atoms with Gasteiger partial charge in [-0.15, -0.1) is 0 Å². The van der Waals surface area contributed by atoms with Gasteiger partial charge in [0.2, 0.25) is 0 Å². The summed E-state index contributed by atoms with van der Waals surface area (Å²) in [6.07, 6.45) is 0. The average Bonchev–Trinajstić information content (AvgIpc) is 2.34. The lowest BCUT2D eigenvalue weighted by Gasteiger charge is -1.78. The zero-order valence-corrected chi connectivity index (χ0v) is 9.27. The molecule has 0 aromatic carbocycles. The number of thiophene rings is 1. The lowest BCUT2D eigenvalue weighted by atomic mass is 10.5. The first kappa shape index (κ1) is 9.72. The van der Waals surface area contributed by atoms with Gasteiger partial charge in [0.25, 0.3) is 0 Å². The van der Waals surface area contributed by atoms with Crippen LogP contribution in [-0.2, 0) is 0 Å². The maximum atomic E-state index is 10.3. The van der Waals surface area contributed by atoms with Gasteiger partial charge in [-0.25, -0.2) is 0 Å². The molecular formula is C5HIN2O2S2. The van der Waals surface area contributed by atoms with E-state index in [0.717, 1.165) is 14.2 Å². The SMILES string of the molecule is O=[N+]([O-])c1cc(N=C=S)c(I)s1. The van der Waals surface area contributed by atoms with Gasteiger partial charge < -0.3 is 0 Å². The second-order valence-electron chi connectivity index (χ2n) is 1.70. The van der Waals surface area contributed by atoms with Crippen LogP contribution < -0.4 is 0 Å². The summed E-state index contributed by atoms with van der Waals surface area (Å²) in [7, 11) is 0. The standard InChI is InChI=1S/C5HIN2O2S2/c6-5-3(7-2-11)1-4(12-5)8(9)10/h1H. The van der Waals surface area contributed by atoms with Crippen LogP contribution in [0.2, 0.25) is 0 Å². The molecule has 1 rings (SSSR count). The van der Waals surface area contributed by atoms with Crippen molar-refractivity contribution in [3.63, 3.8) is 0 Å². The van der Waals surface area contributed by atoms with Crippen molar-refractivity contribution >= 4 is 62.0 Å². The first-order valence-corrected chi connectivity index (χ1v) is 4.97. The van der Waals surface area contributed by atoms with Crippen LogP contribution in [-0.4, -0.2) is 10.1 Å². The highest BCUT2D eigenvalue weighted by atomic mass is 127. The van der Waals surface area contributed by atoms with Crippen molar-refractivity contribution in [1.82, 2.24) is 0 Å². The van der Waals surface area contributed by atoms with Crippen LogP contribution in [0.5, 0.6) is 0 Å². The Hall–Kier alpha value is -0.370. The largest absolute Gasteiger partial charge is 0.327 e. The summed E-state index contributed by atoms with van der Waals surface area (Å²) >= 11 is 7.43. The van der Waals surface area contributed by atoms with Gasteiger partial charge in [0, 0.05) is 0 Å². The van der Waals surface area contributed by atoms with Crippen LogP contribution in [0.15, 0.2) is 11.1 Å². The average molecular weight is 312 g/mol. The summed E-state index contributed by atoms with van der Waals surface area (Å²) in [6.45, 7) is 0. The normalized spacial score (nSPS) is 9.08. The molecule has 0 saturated carbocycles. The number of isothiocyanates is 1. The first-order valence-electron chi connectivity index (χ1n) is 2.66. The Labute approximate surface area is 90.6 Å². The second kappa shape index (κ2) is 4.04. The maximum Gasteiger partial charge on any atom is 0.327 e. The van der Waals surface area contributed by atoms with Crippen molar-refractivity contribution in [3.8, 4) is 0 Å². The minimum absolute atomic E-state index is 0.0726. The molecule has 0 aliphatic heterocycles. The topological polar surface area (TPSA) is 55.5 Å². The van der Waals surface area contributed by atoms with Gasteiger partial charge in [0.05, 0.1) is 19.0 Å². The third-order valence-corrected chi connectivity index (χ3v) is 3.17. The summed E-state index contributed by atoms with van der Waals surface area (Å²) in [5.74, 6) is 0. The lowest BCUT2D eigenvalue weighted by Crippen LogP contribution is -1.80. The van der Waals surface area contributed by atoms with Crippen molar-refractivity contribution in [2.45, 2.75) is 0 Å². The summed E-state index contributed by atoms with van der Waals surface area (Å²) < 4.78 is 0.747. The molecule has 12 heavy (non-hydrogen) atoms. The molecule has 0 atom stereocenters. The minimum atomic E-state index is -0.449. The van der Waals surface area contributed by atoms with Gasteiger partial charge in [0.1, 0.15) is 5.69 Å². The number of hydrogen-bond acceptors (Lipinski definition) is 5. The smallest absolute Gasteiger partial charge is 0.258 e. The molecule has 4 nitrogen and oxygen atoms in total. The molecule has 0 unspecified atom stereocenters. The molecule has 1 aromatic rings. The molecule has 0 N–H and O–H groups in total. The van der Waals surface area contributed by atoms with Crippen LogP contribution in [0.4, 0.5) is 10.7 Å². The Morgan fingerprint density at radius 2 is 2.50 bits per heavy atom. The summed E-state index contributed by atoms with van der Waals surface area (Å²) in [5.41, 5.74) is 0.516. The Morgan fingerprint density at radius 1 is 1.83 bits per heavy atom. The van der Waals surface area contributed by atoms with Gasteiger partial charge in [0.15, 0.2) is 0 Å².